The van der Waals surface area contributed by atoms with Crippen LogP contribution in [0, 0.1) is 0 Å². The van der Waals surface area contributed by atoms with E-state index in [9.17, 15) is 4.79 Å². The molecule has 0 saturated heterocycles. The second-order valence-corrected chi connectivity index (χ2v) is 5.48. The van der Waals surface area contributed by atoms with Crippen LogP contribution in [0.5, 0.6) is 0 Å². The zero-order valence-electron chi connectivity index (χ0n) is 11.4. The van der Waals surface area contributed by atoms with E-state index >= 15 is 0 Å². The lowest BCUT2D eigenvalue weighted by Gasteiger charge is -2.19. The highest BCUT2D eigenvalue weighted by molar-refractivity contribution is 6.42. The topological polar surface area (TPSA) is 49.3 Å². The maximum Gasteiger partial charge on any atom is 0.335 e. The van der Waals surface area contributed by atoms with E-state index in [0.29, 0.717) is 10.0 Å². The molecule has 0 heterocycles. The lowest BCUT2D eigenvalue weighted by Crippen LogP contribution is -2.10. The zero-order chi connectivity index (χ0) is 15.4. The minimum Gasteiger partial charge on any atom is -0.478 e. The Morgan fingerprint density at radius 1 is 1.14 bits per heavy atom. The third-order valence-electron chi connectivity index (χ3n) is 3.23. The number of carboxylic acids is 1. The minimum absolute atomic E-state index is 0.0791. The molecule has 110 valence electrons. The van der Waals surface area contributed by atoms with Crippen molar-refractivity contribution in [2.45, 2.75) is 19.4 Å². The van der Waals surface area contributed by atoms with Gasteiger partial charge in [-0.15, -0.1) is 0 Å². The number of nitrogens with one attached hydrogen (secondary N) is 1. The van der Waals surface area contributed by atoms with Gasteiger partial charge < -0.3 is 10.4 Å². The van der Waals surface area contributed by atoms with Gasteiger partial charge in [-0.05, 0) is 48.4 Å². The molecule has 2 rings (SSSR count). The minimum atomic E-state index is -0.932. The third kappa shape index (κ3) is 3.90. The van der Waals surface area contributed by atoms with Crippen molar-refractivity contribution >= 4 is 34.9 Å². The number of benzene rings is 2. The zero-order valence-corrected chi connectivity index (χ0v) is 12.9. The molecule has 2 N–H and O–H groups in total. The molecule has 2 aromatic rings. The summed E-state index contributed by atoms with van der Waals surface area (Å²) in [6, 6.07) is 12.3. The van der Waals surface area contributed by atoms with Gasteiger partial charge in [0.15, 0.2) is 0 Å². The predicted octanol–water partition coefficient (Wildman–Crippen LogP) is 5.25. The van der Waals surface area contributed by atoms with E-state index in [1.807, 2.05) is 12.1 Å². The Balaban J connectivity index is 2.18. The highest BCUT2D eigenvalue weighted by atomic mass is 35.5. The van der Waals surface area contributed by atoms with E-state index < -0.39 is 5.97 Å². The number of hydrogen-bond acceptors (Lipinski definition) is 2. The summed E-state index contributed by atoms with van der Waals surface area (Å²) in [6.07, 6.45) is 0.860. The maximum atomic E-state index is 10.8. The largest absolute Gasteiger partial charge is 0.478 e. The predicted molar refractivity (Wildman–Crippen MR) is 86.5 cm³/mol. The Morgan fingerprint density at radius 3 is 2.33 bits per heavy atom. The van der Waals surface area contributed by atoms with Crippen molar-refractivity contribution in [1.82, 2.24) is 0 Å². The van der Waals surface area contributed by atoms with Gasteiger partial charge in [0, 0.05) is 5.69 Å². The van der Waals surface area contributed by atoms with E-state index in [1.165, 1.54) is 0 Å². The summed E-state index contributed by atoms with van der Waals surface area (Å²) in [6.45, 7) is 2.06. The number of anilines is 1. The molecule has 5 heteroatoms. The van der Waals surface area contributed by atoms with Crippen LogP contribution >= 0.6 is 23.2 Å². The summed E-state index contributed by atoms with van der Waals surface area (Å²) in [5.41, 5.74) is 2.16. The van der Waals surface area contributed by atoms with E-state index in [4.69, 9.17) is 28.3 Å². The quantitative estimate of drug-likeness (QED) is 0.789. The van der Waals surface area contributed by atoms with Crippen LogP contribution in [0.2, 0.25) is 10.0 Å². The molecule has 0 amide bonds. The summed E-state index contributed by atoms with van der Waals surface area (Å²) < 4.78 is 0. The van der Waals surface area contributed by atoms with E-state index in [0.717, 1.165) is 17.7 Å². The lowest BCUT2D eigenvalue weighted by atomic mass is 10.0. The van der Waals surface area contributed by atoms with Crippen molar-refractivity contribution in [2.24, 2.45) is 0 Å². The fourth-order valence-corrected chi connectivity index (χ4v) is 2.37. The molecular formula is C16H15Cl2NO2. The second kappa shape index (κ2) is 6.83. The molecule has 0 aliphatic rings. The molecule has 0 spiro atoms. The standard InChI is InChI=1S/C16H15Cl2NO2/c1-2-15(11-5-8-13(17)14(18)9-11)19-12-6-3-10(4-7-12)16(20)21/h3-9,15,19H,2H2,1H3,(H,20,21). The molecule has 0 saturated carbocycles. The molecule has 0 fully saturated rings. The molecule has 0 aromatic heterocycles. The van der Waals surface area contributed by atoms with Gasteiger partial charge in [-0.1, -0.05) is 36.2 Å². The van der Waals surface area contributed by atoms with Crippen molar-refractivity contribution in [3.05, 3.63) is 63.6 Å². The third-order valence-corrected chi connectivity index (χ3v) is 3.97. The van der Waals surface area contributed by atoms with Crippen LogP contribution in [0.25, 0.3) is 0 Å². The van der Waals surface area contributed by atoms with Gasteiger partial charge in [-0.25, -0.2) is 4.79 Å². The first-order chi connectivity index (χ1) is 10.0. The van der Waals surface area contributed by atoms with Gasteiger partial charge in [-0.2, -0.15) is 0 Å². The van der Waals surface area contributed by atoms with Crippen LogP contribution in [0.1, 0.15) is 35.3 Å². The molecule has 21 heavy (non-hydrogen) atoms. The molecule has 0 bridgehead atoms. The Kier molecular flexibility index (Phi) is 5.10. The first kappa shape index (κ1) is 15.7. The molecule has 0 radical (unpaired) electrons. The Bertz CT molecular complexity index is 641. The summed E-state index contributed by atoms with van der Waals surface area (Å²) in [5, 5.41) is 13.3. The summed E-state index contributed by atoms with van der Waals surface area (Å²) in [5.74, 6) is -0.932. The van der Waals surface area contributed by atoms with Gasteiger partial charge >= 0.3 is 5.97 Å². The number of carbonyl (C=O) groups is 1. The number of rotatable bonds is 5. The van der Waals surface area contributed by atoms with Crippen molar-refractivity contribution in [2.75, 3.05) is 5.32 Å². The van der Waals surface area contributed by atoms with Crippen molar-refractivity contribution in [1.29, 1.82) is 0 Å². The summed E-state index contributed by atoms with van der Waals surface area (Å²) in [4.78, 5) is 10.8. The van der Waals surface area contributed by atoms with Crippen LogP contribution in [0.4, 0.5) is 5.69 Å². The smallest absolute Gasteiger partial charge is 0.335 e. The average Bonchev–Trinajstić information content (AvgIpc) is 2.48. The van der Waals surface area contributed by atoms with Gasteiger partial charge in [0.2, 0.25) is 0 Å². The Morgan fingerprint density at radius 2 is 1.81 bits per heavy atom. The number of carboxylic acid groups (broad SMARTS) is 1. The lowest BCUT2D eigenvalue weighted by molar-refractivity contribution is 0.0697. The van der Waals surface area contributed by atoms with Crippen LogP contribution in [0.15, 0.2) is 42.5 Å². The monoisotopic (exact) mass is 323 g/mol. The van der Waals surface area contributed by atoms with Crippen LogP contribution in [-0.2, 0) is 0 Å². The second-order valence-electron chi connectivity index (χ2n) is 4.66. The SMILES string of the molecule is CCC(Nc1ccc(C(=O)O)cc1)c1ccc(Cl)c(Cl)c1. The van der Waals surface area contributed by atoms with Crippen LogP contribution in [0.3, 0.4) is 0 Å². The summed E-state index contributed by atoms with van der Waals surface area (Å²) >= 11 is 12.0. The van der Waals surface area contributed by atoms with Gasteiger partial charge in [0.1, 0.15) is 0 Å². The highest BCUT2D eigenvalue weighted by Crippen LogP contribution is 2.29. The molecule has 1 unspecified atom stereocenters. The fourth-order valence-electron chi connectivity index (χ4n) is 2.06. The fraction of sp³-hybridized carbons (Fsp3) is 0.188. The number of halogens is 2. The van der Waals surface area contributed by atoms with E-state index in [-0.39, 0.29) is 11.6 Å². The van der Waals surface area contributed by atoms with Gasteiger partial charge in [0.25, 0.3) is 0 Å². The van der Waals surface area contributed by atoms with Crippen molar-refractivity contribution in [3.8, 4) is 0 Å². The molecular weight excluding hydrogens is 309 g/mol. The molecule has 1 atom stereocenters. The highest BCUT2D eigenvalue weighted by Gasteiger charge is 2.11. The molecule has 3 nitrogen and oxygen atoms in total. The molecule has 0 aliphatic heterocycles. The number of aromatic carboxylic acids is 1. The molecule has 2 aromatic carbocycles. The van der Waals surface area contributed by atoms with Crippen LogP contribution < -0.4 is 5.32 Å². The Hall–Kier alpha value is -1.71. The number of hydrogen-bond donors (Lipinski definition) is 2. The van der Waals surface area contributed by atoms with E-state index in [2.05, 4.69) is 12.2 Å². The maximum absolute atomic E-state index is 10.8. The van der Waals surface area contributed by atoms with Crippen molar-refractivity contribution < 1.29 is 9.90 Å². The normalized spacial score (nSPS) is 12.0. The Labute approximate surface area is 133 Å². The van der Waals surface area contributed by atoms with Gasteiger partial charge in [-0.3, -0.25) is 0 Å². The average molecular weight is 324 g/mol. The van der Waals surface area contributed by atoms with Crippen LogP contribution in [-0.4, -0.2) is 11.1 Å². The summed E-state index contributed by atoms with van der Waals surface area (Å²) in [7, 11) is 0. The van der Waals surface area contributed by atoms with Gasteiger partial charge in [0.05, 0.1) is 21.7 Å². The van der Waals surface area contributed by atoms with Crippen molar-refractivity contribution in [3.63, 3.8) is 0 Å². The molecule has 0 aliphatic carbocycles. The first-order valence-electron chi connectivity index (χ1n) is 6.56. The first-order valence-corrected chi connectivity index (χ1v) is 7.31. The van der Waals surface area contributed by atoms with E-state index in [1.54, 1.807) is 30.3 Å².